The van der Waals surface area contributed by atoms with E-state index < -0.39 is 5.54 Å². The van der Waals surface area contributed by atoms with E-state index in [1.54, 1.807) is 4.90 Å². The summed E-state index contributed by atoms with van der Waals surface area (Å²) in [5, 5.41) is 0. The van der Waals surface area contributed by atoms with E-state index in [2.05, 4.69) is 17.0 Å². The first kappa shape index (κ1) is 14.9. The Labute approximate surface area is 121 Å². The smallest absolute Gasteiger partial charge is 0.242 e. The van der Waals surface area contributed by atoms with E-state index in [0.29, 0.717) is 6.54 Å². The van der Waals surface area contributed by atoms with E-state index in [4.69, 9.17) is 5.73 Å². The van der Waals surface area contributed by atoms with Crippen LogP contribution in [-0.4, -0.2) is 43.5 Å². The lowest BCUT2D eigenvalue weighted by Crippen LogP contribution is -2.53. The molecule has 0 unspecified atom stereocenters. The molecule has 1 aliphatic rings. The summed E-state index contributed by atoms with van der Waals surface area (Å²) < 4.78 is 0. The van der Waals surface area contributed by atoms with Gasteiger partial charge in [0.15, 0.2) is 0 Å². The Morgan fingerprint density at radius 1 is 1.15 bits per heavy atom. The molecule has 0 bridgehead atoms. The number of amides is 1. The number of carbonyl (C=O) groups excluding carboxylic acids is 1. The standard InChI is InChI=1S/C16H25N3O/c1-18(14-8-4-3-5-9-14)12-13-19(2)15(20)16(17)10-6-7-11-16/h3-5,8-9H,6-7,10-13,17H2,1-2H3. The minimum absolute atomic E-state index is 0.0939. The van der Waals surface area contributed by atoms with Crippen LogP contribution in [-0.2, 0) is 4.79 Å². The van der Waals surface area contributed by atoms with Crippen molar-refractivity contribution >= 4 is 11.6 Å². The van der Waals surface area contributed by atoms with Crippen molar-refractivity contribution in [1.82, 2.24) is 4.90 Å². The summed E-state index contributed by atoms with van der Waals surface area (Å²) in [7, 11) is 3.90. The van der Waals surface area contributed by atoms with Gasteiger partial charge >= 0.3 is 0 Å². The number of nitrogens with two attached hydrogens (primary N) is 1. The van der Waals surface area contributed by atoms with Gasteiger partial charge in [0, 0.05) is 32.9 Å². The second-order valence-corrected chi connectivity index (χ2v) is 5.85. The highest BCUT2D eigenvalue weighted by Crippen LogP contribution is 2.28. The minimum Gasteiger partial charge on any atom is -0.373 e. The average Bonchev–Trinajstić information content (AvgIpc) is 2.92. The van der Waals surface area contributed by atoms with Gasteiger partial charge < -0.3 is 15.5 Å². The molecule has 4 heteroatoms. The number of benzene rings is 1. The van der Waals surface area contributed by atoms with Crippen LogP contribution < -0.4 is 10.6 Å². The molecule has 2 N–H and O–H groups in total. The van der Waals surface area contributed by atoms with Gasteiger partial charge in [0.05, 0.1) is 5.54 Å². The van der Waals surface area contributed by atoms with Crippen LogP contribution in [0, 0.1) is 0 Å². The van der Waals surface area contributed by atoms with Crippen molar-refractivity contribution in [2.45, 2.75) is 31.2 Å². The summed E-state index contributed by atoms with van der Waals surface area (Å²) in [4.78, 5) is 16.3. The van der Waals surface area contributed by atoms with Crippen molar-refractivity contribution in [1.29, 1.82) is 0 Å². The largest absolute Gasteiger partial charge is 0.373 e. The van der Waals surface area contributed by atoms with E-state index in [0.717, 1.165) is 37.9 Å². The SMILES string of the molecule is CN(CCN(C)c1ccccc1)C(=O)C1(N)CCCC1. The Morgan fingerprint density at radius 2 is 1.75 bits per heavy atom. The fraction of sp³-hybridized carbons (Fsp3) is 0.562. The molecule has 0 atom stereocenters. The summed E-state index contributed by atoms with van der Waals surface area (Å²) in [5.74, 6) is 0.0939. The van der Waals surface area contributed by atoms with Crippen LogP contribution in [0.3, 0.4) is 0 Å². The molecular formula is C16H25N3O. The number of carbonyl (C=O) groups is 1. The lowest BCUT2D eigenvalue weighted by molar-refractivity contribution is -0.135. The Hall–Kier alpha value is -1.55. The van der Waals surface area contributed by atoms with Crippen molar-refractivity contribution in [2.75, 3.05) is 32.1 Å². The van der Waals surface area contributed by atoms with Gasteiger partial charge in [0.25, 0.3) is 0 Å². The lowest BCUT2D eigenvalue weighted by Gasteiger charge is -2.30. The van der Waals surface area contributed by atoms with Crippen LogP contribution in [0.4, 0.5) is 5.69 Å². The van der Waals surface area contributed by atoms with Crippen molar-refractivity contribution < 1.29 is 4.79 Å². The van der Waals surface area contributed by atoms with Gasteiger partial charge in [-0.05, 0) is 25.0 Å². The van der Waals surface area contributed by atoms with Crippen molar-refractivity contribution in [3.05, 3.63) is 30.3 Å². The van der Waals surface area contributed by atoms with Gasteiger partial charge in [-0.1, -0.05) is 31.0 Å². The number of nitrogens with zero attached hydrogens (tertiary/aromatic N) is 2. The van der Waals surface area contributed by atoms with E-state index in [1.807, 2.05) is 32.3 Å². The normalized spacial score (nSPS) is 16.9. The molecular weight excluding hydrogens is 250 g/mol. The molecule has 1 aromatic rings. The molecule has 110 valence electrons. The fourth-order valence-electron chi connectivity index (χ4n) is 2.81. The molecule has 2 rings (SSSR count). The fourth-order valence-corrected chi connectivity index (χ4v) is 2.81. The quantitative estimate of drug-likeness (QED) is 0.892. The molecule has 0 aromatic heterocycles. The maximum Gasteiger partial charge on any atom is 0.242 e. The first-order valence-corrected chi connectivity index (χ1v) is 7.33. The van der Waals surface area contributed by atoms with E-state index in [1.165, 1.54) is 0 Å². The molecule has 0 aliphatic heterocycles. The maximum atomic E-state index is 12.4. The van der Waals surface area contributed by atoms with Crippen LogP contribution in [0.15, 0.2) is 30.3 Å². The van der Waals surface area contributed by atoms with Crippen molar-refractivity contribution in [3.63, 3.8) is 0 Å². The van der Waals surface area contributed by atoms with Gasteiger partial charge in [0.1, 0.15) is 0 Å². The molecule has 4 nitrogen and oxygen atoms in total. The highest BCUT2D eigenvalue weighted by Gasteiger charge is 2.38. The topological polar surface area (TPSA) is 49.6 Å². The number of anilines is 1. The molecule has 0 saturated heterocycles. The molecule has 0 spiro atoms. The molecule has 1 aromatic carbocycles. The highest BCUT2D eigenvalue weighted by molar-refractivity contribution is 5.86. The Balaban J connectivity index is 1.86. The van der Waals surface area contributed by atoms with Crippen LogP contribution in [0.1, 0.15) is 25.7 Å². The monoisotopic (exact) mass is 275 g/mol. The second-order valence-electron chi connectivity index (χ2n) is 5.85. The van der Waals surface area contributed by atoms with Crippen LogP contribution >= 0.6 is 0 Å². The minimum atomic E-state index is -0.611. The Bertz CT molecular complexity index is 440. The third-order valence-corrected chi connectivity index (χ3v) is 4.24. The number of likely N-dealkylation sites (N-methyl/N-ethyl adjacent to an activating group) is 2. The Morgan fingerprint density at radius 3 is 2.35 bits per heavy atom. The zero-order valence-corrected chi connectivity index (χ0v) is 12.5. The number of hydrogen-bond acceptors (Lipinski definition) is 3. The van der Waals surface area contributed by atoms with Gasteiger partial charge in [-0.3, -0.25) is 4.79 Å². The van der Waals surface area contributed by atoms with Gasteiger partial charge in [-0.2, -0.15) is 0 Å². The zero-order chi connectivity index (χ0) is 14.6. The van der Waals surface area contributed by atoms with Crippen LogP contribution in [0.25, 0.3) is 0 Å². The van der Waals surface area contributed by atoms with Crippen molar-refractivity contribution in [2.24, 2.45) is 5.73 Å². The molecule has 20 heavy (non-hydrogen) atoms. The summed E-state index contributed by atoms with van der Waals surface area (Å²) >= 11 is 0. The lowest BCUT2D eigenvalue weighted by atomic mass is 9.97. The molecule has 1 amide bonds. The van der Waals surface area contributed by atoms with Gasteiger partial charge in [0.2, 0.25) is 5.91 Å². The first-order valence-electron chi connectivity index (χ1n) is 7.33. The number of hydrogen-bond donors (Lipinski definition) is 1. The molecule has 1 saturated carbocycles. The van der Waals surface area contributed by atoms with E-state index >= 15 is 0 Å². The third kappa shape index (κ3) is 3.31. The summed E-state index contributed by atoms with van der Waals surface area (Å²) in [5.41, 5.74) is 6.77. The second kappa shape index (κ2) is 6.27. The Kier molecular flexibility index (Phi) is 4.65. The molecule has 0 heterocycles. The van der Waals surface area contributed by atoms with Gasteiger partial charge in [-0.25, -0.2) is 0 Å². The van der Waals surface area contributed by atoms with E-state index in [9.17, 15) is 4.79 Å². The third-order valence-electron chi connectivity index (χ3n) is 4.24. The summed E-state index contributed by atoms with van der Waals surface area (Å²) in [6.45, 7) is 1.51. The highest BCUT2D eigenvalue weighted by atomic mass is 16.2. The van der Waals surface area contributed by atoms with Crippen LogP contribution in [0.5, 0.6) is 0 Å². The predicted molar refractivity (Wildman–Crippen MR) is 82.7 cm³/mol. The van der Waals surface area contributed by atoms with Crippen molar-refractivity contribution in [3.8, 4) is 0 Å². The first-order chi connectivity index (χ1) is 9.53. The number of para-hydroxylation sites is 1. The predicted octanol–water partition coefficient (Wildman–Crippen LogP) is 1.85. The summed E-state index contributed by atoms with van der Waals surface area (Å²) in [6.07, 6.45) is 3.79. The van der Waals surface area contributed by atoms with Crippen LogP contribution in [0.2, 0.25) is 0 Å². The molecule has 1 fully saturated rings. The average molecular weight is 275 g/mol. The molecule has 0 radical (unpaired) electrons. The molecule has 1 aliphatic carbocycles. The van der Waals surface area contributed by atoms with Gasteiger partial charge in [-0.15, -0.1) is 0 Å². The maximum absolute atomic E-state index is 12.4. The zero-order valence-electron chi connectivity index (χ0n) is 12.5. The number of rotatable bonds is 5. The summed E-state index contributed by atoms with van der Waals surface area (Å²) in [6, 6.07) is 10.2. The van der Waals surface area contributed by atoms with E-state index in [-0.39, 0.29) is 5.91 Å².